The monoisotopic (exact) mass is 352 g/mol. The zero-order chi connectivity index (χ0) is 18.9. The summed E-state index contributed by atoms with van der Waals surface area (Å²) in [5.41, 5.74) is 0.999. The summed E-state index contributed by atoms with van der Waals surface area (Å²) < 4.78 is 12.4. The number of hydrogen-bond acceptors (Lipinski definition) is 3. The van der Waals surface area contributed by atoms with Crippen molar-refractivity contribution >= 4 is 14.3 Å². The van der Waals surface area contributed by atoms with E-state index in [0.717, 1.165) is 5.57 Å². The van der Waals surface area contributed by atoms with Crippen molar-refractivity contribution in [2.75, 3.05) is 0 Å². The molecule has 3 nitrogen and oxygen atoms in total. The maximum absolute atomic E-state index is 12.4. The summed E-state index contributed by atoms with van der Waals surface area (Å²) in [5.74, 6) is -0.0599. The average Bonchev–Trinajstić information content (AvgIpc) is 2.43. The van der Waals surface area contributed by atoms with Crippen LogP contribution in [0.1, 0.15) is 48.5 Å². The highest BCUT2D eigenvalue weighted by molar-refractivity contribution is 6.74. The maximum Gasteiger partial charge on any atom is 0.311 e. The van der Waals surface area contributed by atoms with Gasteiger partial charge in [-0.25, -0.2) is 0 Å². The van der Waals surface area contributed by atoms with Crippen molar-refractivity contribution in [3.8, 4) is 0 Å². The number of carbonyl (C=O) groups is 1. The molecule has 1 aliphatic rings. The van der Waals surface area contributed by atoms with Crippen LogP contribution < -0.4 is 0 Å². The first-order chi connectivity index (χ1) is 10.8. The predicted molar refractivity (Wildman–Crippen MR) is 103 cm³/mol. The normalized spacial score (nSPS) is 30.3. The highest BCUT2D eigenvalue weighted by Gasteiger charge is 2.48. The summed E-state index contributed by atoms with van der Waals surface area (Å²) in [5, 5.41) is 0.120. The van der Waals surface area contributed by atoms with E-state index in [0.29, 0.717) is 0 Å². The molecule has 0 aromatic carbocycles. The van der Waals surface area contributed by atoms with Gasteiger partial charge in [0.15, 0.2) is 8.32 Å². The van der Waals surface area contributed by atoms with Crippen molar-refractivity contribution < 1.29 is 14.0 Å². The van der Waals surface area contributed by atoms with E-state index in [1.165, 1.54) is 0 Å². The third-order valence-corrected chi connectivity index (χ3v) is 10.1. The summed E-state index contributed by atoms with van der Waals surface area (Å²) >= 11 is 0. The second-order valence-corrected chi connectivity index (χ2v) is 13.7. The van der Waals surface area contributed by atoms with Crippen LogP contribution in [0, 0.1) is 17.8 Å². The Morgan fingerprint density at radius 3 is 2.33 bits per heavy atom. The van der Waals surface area contributed by atoms with Gasteiger partial charge in [0.1, 0.15) is 6.10 Å². The van der Waals surface area contributed by atoms with Crippen LogP contribution in [0.3, 0.4) is 0 Å². The lowest BCUT2D eigenvalue weighted by atomic mass is 9.81. The Balaban J connectivity index is 3.03. The molecule has 0 amide bonds. The fraction of sp³-hybridized carbons (Fsp3) is 0.750. The molecule has 1 saturated heterocycles. The fourth-order valence-electron chi connectivity index (χ4n) is 2.86. The lowest BCUT2D eigenvalue weighted by Gasteiger charge is -2.46. The SMILES string of the molecule is C=C(C)C=C[C@H](C)[C@H]1OC(=O)[C@H](C)[C@@H](O[Si](C)(C)C(C)(C)C)[C@@H]1C. The molecule has 0 radical (unpaired) electrons. The highest BCUT2D eigenvalue weighted by atomic mass is 28.4. The minimum Gasteiger partial charge on any atom is -0.461 e. The molecule has 0 unspecified atom stereocenters. The first kappa shape index (κ1) is 21.2. The van der Waals surface area contributed by atoms with Crippen molar-refractivity contribution in [1.29, 1.82) is 0 Å². The molecular formula is C20H36O3Si. The molecule has 0 spiro atoms. The summed E-state index contributed by atoms with van der Waals surface area (Å²) in [7, 11) is -1.95. The number of hydrogen-bond donors (Lipinski definition) is 0. The van der Waals surface area contributed by atoms with Crippen LogP contribution in [0.2, 0.25) is 18.1 Å². The summed E-state index contributed by atoms with van der Waals surface area (Å²) in [4.78, 5) is 12.4. The molecule has 0 bridgehead atoms. The fourth-order valence-corrected chi connectivity index (χ4v) is 4.32. The van der Waals surface area contributed by atoms with Crippen LogP contribution in [0.25, 0.3) is 0 Å². The van der Waals surface area contributed by atoms with Gasteiger partial charge in [-0.2, -0.15) is 0 Å². The Labute approximate surface area is 149 Å². The topological polar surface area (TPSA) is 35.5 Å². The average molecular weight is 353 g/mol. The van der Waals surface area contributed by atoms with Gasteiger partial charge in [-0.15, -0.1) is 0 Å². The predicted octanol–water partition coefficient (Wildman–Crippen LogP) is 5.34. The zero-order valence-electron chi connectivity index (χ0n) is 17.0. The van der Waals surface area contributed by atoms with E-state index >= 15 is 0 Å². The molecule has 0 aliphatic carbocycles. The van der Waals surface area contributed by atoms with Crippen molar-refractivity contribution in [1.82, 2.24) is 0 Å². The van der Waals surface area contributed by atoms with Crippen molar-refractivity contribution in [2.45, 2.75) is 78.8 Å². The van der Waals surface area contributed by atoms with Gasteiger partial charge in [0.2, 0.25) is 0 Å². The first-order valence-corrected chi connectivity index (χ1v) is 11.9. The van der Waals surface area contributed by atoms with Gasteiger partial charge in [0.05, 0.1) is 12.0 Å². The van der Waals surface area contributed by atoms with Crippen molar-refractivity contribution in [2.24, 2.45) is 17.8 Å². The summed E-state index contributed by atoms with van der Waals surface area (Å²) in [6.45, 7) is 23.2. The van der Waals surface area contributed by atoms with Gasteiger partial charge >= 0.3 is 5.97 Å². The zero-order valence-corrected chi connectivity index (χ0v) is 18.0. The van der Waals surface area contributed by atoms with E-state index in [1.807, 2.05) is 19.9 Å². The van der Waals surface area contributed by atoms with E-state index in [4.69, 9.17) is 9.16 Å². The third kappa shape index (κ3) is 4.82. The second kappa shape index (κ2) is 7.57. The highest BCUT2D eigenvalue weighted by Crippen LogP contribution is 2.41. The Kier molecular flexibility index (Phi) is 6.67. The molecule has 5 atom stereocenters. The quantitative estimate of drug-likeness (QED) is 0.380. The second-order valence-electron chi connectivity index (χ2n) is 8.96. The first-order valence-electron chi connectivity index (χ1n) is 9.00. The van der Waals surface area contributed by atoms with Crippen LogP contribution in [0.4, 0.5) is 0 Å². The van der Waals surface area contributed by atoms with E-state index in [1.54, 1.807) is 0 Å². The van der Waals surface area contributed by atoms with E-state index in [2.05, 4.69) is 60.4 Å². The third-order valence-electron chi connectivity index (χ3n) is 5.59. The number of allylic oxidation sites excluding steroid dienone is 2. The molecule has 138 valence electrons. The van der Waals surface area contributed by atoms with E-state index < -0.39 is 8.32 Å². The Hall–Kier alpha value is -0.873. The van der Waals surface area contributed by atoms with Gasteiger partial charge in [-0.05, 0) is 32.0 Å². The minimum atomic E-state index is -1.95. The molecule has 0 aromatic heterocycles. The Morgan fingerprint density at radius 2 is 1.88 bits per heavy atom. The van der Waals surface area contributed by atoms with Gasteiger partial charge in [0.25, 0.3) is 0 Å². The Bertz CT molecular complexity index is 502. The van der Waals surface area contributed by atoms with E-state index in [9.17, 15) is 4.79 Å². The number of rotatable bonds is 5. The number of cyclic esters (lactones) is 1. The summed E-state index contributed by atoms with van der Waals surface area (Å²) in [6, 6.07) is 0. The molecule has 1 rings (SSSR count). The molecule has 1 aliphatic heterocycles. The maximum atomic E-state index is 12.4. The minimum absolute atomic E-state index is 0.0854. The largest absolute Gasteiger partial charge is 0.461 e. The van der Waals surface area contributed by atoms with E-state index in [-0.39, 0.29) is 41.0 Å². The van der Waals surface area contributed by atoms with Gasteiger partial charge < -0.3 is 9.16 Å². The number of esters is 1. The summed E-state index contributed by atoms with van der Waals surface area (Å²) in [6.07, 6.45) is 3.83. The van der Waals surface area contributed by atoms with Crippen LogP contribution in [-0.4, -0.2) is 26.5 Å². The smallest absolute Gasteiger partial charge is 0.311 e. The van der Waals surface area contributed by atoms with Gasteiger partial charge in [0, 0.05) is 11.8 Å². The van der Waals surface area contributed by atoms with Gasteiger partial charge in [-0.3, -0.25) is 4.79 Å². The molecule has 0 aromatic rings. The number of carbonyl (C=O) groups excluding carboxylic acids is 1. The van der Waals surface area contributed by atoms with Crippen LogP contribution in [0.5, 0.6) is 0 Å². The molecule has 4 heteroatoms. The molecule has 0 saturated carbocycles. The van der Waals surface area contributed by atoms with Crippen molar-refractivity contribution in [3.05, 3.63) is 24.3 Å². The molecule has 1 fully saturated rings. The lowest BCUT2D eigenvalue weighted by Crippen LogP contribution is -2.55. The van der Waals surface area contributed by atoms with Crippen LogP contribution in [0.15, 0.2) is 24.3 Å². The van der Waals surface area contributed by atoms with Gasteiger partial charge in [-0.1, -0.05) is 58.9 Å². The molecule has 24 heavy (non-hydrogen) atoms. The number of ether oxygens (including phenoxy) is 1. The Morgan fingerprint density at radius 1 is 1.33 bits per heavy atom. The van der Waals surface area contributed by atoms with Crippen LogP contribution >= 0.6 is 0 Å². The lowest BCUT2D eigenvalue weighted by molar-refractivity contribution is -0.179. The standard InChI is InChI=1S/C20H36O3Si/c1-13(2)11-12-14(3)17-15(4)18(16(5)19(21)22-17)23-24(9,10)20(6,7)8/h11-12,14-18H,1H2,2-10H3/t14-,15+,16+,17+,18-/m0/s1. The molecule has 1 heterocycles. The van der Waals surface area contributed by atoms with Crippen LogP contribution in [-0.2, 0) is 14.0 Å². The molecule has 0 N–H and O–H groups in total. The molecular weight excluding hydrogens is 316 g/mol. The van der Waals surface area contributed by atoms with Crippen molar-refractivity contribution in [3.63, 3.8) is 0 Å².